The van der Waals surface area contributed by atoms with Gasteiger partial charge in [0.25, 0.3) is 0 Å². The monoisotopic (exact) mass is 332 g/mol. The van der Waals surface area contributed by atoms with Crippen LogP contribution in [0.2, 0.25) is 0 Å². The van der Waals surface area contributed by atoms with Gasteiger partial charge in [-0.1, -0.05) is 6.07 Å². The predicted octanol–water partition coefficient (Wildman–Crippen LogP) is 2.82. The van der Waals surface area contributed by atoms with Gasteiger partial charge in [-0.2, -0.15) is 13.2 Å². The lowest BCUT2D eigenvalue weighted by molar-refractivity contribution is -0.153. The zero-order valence-electron chi connectivity index (χ0n) is 13.4. The molecule has 1 heterocycles. The lowest BCUT2D eigenvalue weighted by atomic mass is 10.1. The summed E-state index contributed by atoms with van der Waals surface area (Å²) in [6.45, 7) is 6.54. The van der Waals surface area contributed by atoms with Gasteiger partial charge < -0.3 is 14.8 Å². The molecule has 130 valence electrons. The molecular weight excluding hydrogens is 309 g/mol. The van der Waals surface area contributed by atoms with Gasteiger partial charge in [0, 0.05) is 32.2 Å². The minimum atomic E-state index is -4.36. The number of halogens is 3. The standard InChI is InChI=1S/C16H23F3N2O2/c1-3-22-15-8-13(10-21-7-6-20-12(2)9-21)4-5-14(15)23-11-16(17,18)19/h4-5,8,12,20H,3,6-7,9-11H2,1-2H3. The first-order chi connectivity index (χ1) is 10.9. The van der Waals surface area contributed by atoms with Crippen molar-refractivity contribution in [3.63, 3.8) is 0 Å². The first-order valence-electron chi connectivity index (χ1n) is 7.78. The maximum Gasteiger partial charge on any atom is 0.422 e. The Morgan fingerprint density at radius 3 is 2.70 bits per heavy atom. The van der Waals surface area contributed by atoms with Crippen molar-refractivity contribution in [2.24, 2.45) is 0 Å². The zero-order valence-corrected chi connectivity index (χ0v) is 13.4. The summed E-state index contributed by atoms with van der Waals surface area (Å²) in [6.07, 6.45) is -4.36. The van der Waals surface area contributed by atoms with Gasteiger partial charge in [0.05, 0.1) is 6.61 Å². The second-order valence-electron chi connectivity index (χ2n) is 5.71. The highest BCUT2D eigenvalue weighted by Crippen LogP contribution is 2.30. The Kier molecular flexibility index (Phi) is 6.12. The molecule has 1 atom stereocenters. The number of hydrogen-bond acceptors (Lipinski definition) is 4. The molecule has 4 nitrogen and oxygen atoms in total. The van der Waals surface area contributed by atoms with E-state index in [-0.39, 0.29) is 5.75 Å². The molecule has 2 rings (SSSR count). The number of hydrogen-bond donors (Lipinski definition) is 1. The zero-order chi connectivity index (χ0) is 16.9. The fourth-order valence-corrected chi connectivity index (χ4v) is 2.61. The molecule has 1 N–H and O–H groups in total. The van der Waals surface area contributed by atoms with E-state index in [4.69, 9.17) is 9.47 Å². The molecule has 0 spiro atoms. The number of alkyl halides is 3. The third-order valence-electron chi connectivity index (χ3n) is 3.56. The SMILES string of the molecule is CCOc1cc(CN2CCNC(C)C2)ccc1OCC(F)(F)F. The Morgan fingerprint density at radius 2 is 2.04 bits per heavy atom. The highest BCUT2D eigenvalue weighted by atomic mass is 19.4. The third-order valence-corrected chi connectivity index (χ3v) is 3.56. The lowest BCUT2D eigenvalue weighted by Gasteiger charge is -2.31. The van der Waals surface area contributed by atoms with Crippen molar-refractivity contribution in [3.8, 4) is 11.5 Å². The Balaban J connectivity index is 2.05. The summed E-state index contributed by atoms with van der Waals surface area (Å²) in [5.41, 5.74) is 1.00. The van der Waals surface area contributed by atoms with E-state index in [1.807, 2.05) is 0 Å². The van der Waals surface area contributed by atoms with Crippen molar-refractivity contribution >= 4 is 0 Å². The number of nitrogens with one attached hydrogen (secondary N) is 1. The van der Waals surface area contributed by atoms with E-state index in [9.17, 15) is 13.2 Å². The molecule has 1 saturated heterocycles. The molecule has 0 amide bonds. The third kappa shape index (κ3) is 5.91. The van der Waals surface area contributed by atoms with Crippen LogP contribution >= 0.6 is 0 Å². The van der Waals surface area contributed by atoms with Crippen molar-refractivity contribution < 1.29 is 22.6 Å². The Bertz CT molecular complexity index is 509. The summed E-state index contributed by atoms with van der Waals surface area (Å²) >= 11 is 0. The summed E-state index contributed by atoms with van der Waals surface area (Å²) in [5, 5.41) is 3.38. The molecule has 1 aromatic carbocycles. The second-order valence-corrected chi connectivity index (χ2v) is 5.71. The van der Waals surface area contributed by atoms with Crippen LogP contribution in [-0.4, -0.2) is 50.0 Å². The molecule has 0 aliphatic carbocycles. The molecule has 0 bridgehead atoms. The quantitative estimate of drug-likeness (QED) is 0.869. The second kappa shape index (κ2) is 7.88. The van der Waals surface area contributed by atoms with Crippen LogP contribution in [0.5, 0.6) is 11.5 Å². The van der Waals surface area contributed by atoms with Crippen LogP contribution in [0.25, 0.3) is 0 Å². The maximum atomic E-state index is 12.3. The molecule has 1 unspecified atom stereocenters. The van der Waals surface area contributed by atoms with Crippen LogP contribution in [0.3, 0.4) is 0 Å². The maximum absolute atomic E-state index is 12.3. The van der Waals surface area contributed by atoms with E-state index in [0.717, 1.165) is 31.7 Å². The number of piperazine rings is 1. The minimum Gasteiger partial charge on any atom is -0.490 e. The van der Waals surface area contributed by atoms with Gasteiger partial charge in [-0.3, -0.25) is 4.90 Å². The molecule has 1 aliphatic rings. The number of nitrogens with zero attached hydrogens (tertiary/aromatic N) is 1. The van der Waals surface area contributed by atoms with Gasteiger partial charge >= 0.3 is 6.18 Å². The Morgan fingerprint density at radius 1 is 1.26 bits per heavy atom. The van der Waals surface area contributed by atoms with Crippen molar-refractivity contribution in [2.75, 3.05) is 32.8 Å². The highest BCUT2D eigenvalue weighted by molar-refractivity contribution is 5.43. The van der Waals surface area contributed by atoms with E-state index in [0.29, 0.717) is 18.4 Å². The van der Waals surface area contributed by atoms with Crippen molar-refractivity contribution in [2.45, 2.75) is 32.6 Å². The normalized spacial score (nSPS) is 19.6. The van der Waals surface area contributed by atoms with E-state index in [1.165, 1.54) is 0 Å². The van der Waals surface area contributed by atoms with Gasteiger partial charge in [0.2, 0.25) is 0 Å². The van der Waals surface area contributed by atoms with E-state index >= 15 is 0 Å². The van der Waals surface area contributed by atoms with Crippen molar-refractivity contribution in [1.82, 2.24) is 10.2 Å². The largest absolute Gasteiger partial charge is 0.490 e. The molecular formula is C16H23F3N2O2. The molecule has 0 radical (unpaired) electrons. The van der Waals surface area contributed by atoms with Crippen molar-refractivity contribution in [3.05, 3.63) is 23.8 Å². The van der Waals surface area contributed by atoms with Crippen molar-refractivity contribution in [1.29, 1.82) is 0 Å². The fourth-order valence-electron chi connectivity index (χ4n) is 2.61. The lowest BCUT2D eigenvalue weighted by Crippen LogP contribution is -2.48. The number of rotatable bonds is 6. The molecule has 1 fully saturated rings. The average Bonchev–Trinajstić information content (AvgIpc) is 2.46. The van der Waals surface area contributed by atoms with Crippen LogP contribution in [-0.2, 0) is 6.54 Å². The van der Waals surface area contributed by atoms with Crippen LogP contribution < -0.4 is 14.8 Å². The van der Waals surface area contributed by atoms with Gasteiger partial charge in [-0.25, -0.2) is 0 Å². The van der Waals surface area contributed by atoms with Crippen LogP contribution in [0, 0.1) is 0 Å². The molecule has 7 heteroatoms. The van der Waals surface area contributed by atoms with E-state index in [1.54, 1.807) is 25.1 Å². The van der Waals surface area contributed by atoms with E-state index in [2.05, 4.69) is 17.1 Å². The van der Waals surface area contributed by atoms with Crippen LogP contribution in [0.4, 0.5) is 13.2 Å². The van der Waals surface area contributed by atoms with Crippen LogP contribution in [0.15, 0.2) is 18.2 Å². The summed E-state index contributed by atoms with van der Waals surface area (Å²) in [5.74, 6) is 0.485. The molecule has 0 aromatic heterocycles. The topological polar surface area (TPSA) is 33.7 Å². The number of ether oxygens (including phenoxy) is 2. The Hall–Kier alpha value is -1.47. The summed E-state index contributed by atoms with van der Waals surface area (Å²) < 4.78 is 47.2. The minimum absolute atomic E-state index is 0.126. The van der Waals surface area contributed by atoms with Crippen LogP contribution in [0.1, 0.15) is 19.4 Å². The van der Waals surface area contributed by atoms with Gasteiger partial charge in [-0.05, 0) is 31.5 Å². The molecule has 0 saturated carbocycles. The first-order valence-corrected chi connectivity index (χ1v) is 7.78. The first kappa shape index (κ1) is 17.9. The smallest absolute Gasteiger partial charge is 0.422 e. The molecule has 23 heavy (non-hydrogen) atoms. The predicted molar refractivity (Wildman–Crippen MR) is 81.9 cm³/mol. The summed E-state index contributed by atoms with van der Waals surface area (Å²) in [6, 6.07) is 5.55. The molecule has 1 aromatic rings. The fraction of sp³-hybridized carbons (Fsp3) is 0.625. The van der Waals surface area contributed by atoms with E-state index < -0.39 is 12.8 Å². The average molecular weight is 332 g/mol. The number of benzene rings is 1. The Labute approximate surface area is 134 Å². The van der Waals surface area contributed by atoms with Gasteiger partial charge in [0.1, 0.15) is 0 Å². The summed E-state index contributed by atoms with van der Waals surface area (Å²) in [7, 11) is 0. The summed E-state index contributed by atoms with van der Waals surface area (Å²) in [4.78, 5) is 2.31. The van der Waals surface area contributed by atoms with Gasteiger partial charge in [-0.15, -0.1) is 0 Å². The highest BCUT2D eigenvalue weighted by Gasteiger charge is 2.29. The van der Waals surface area contributed by atoms with Gasteiger partial charge in [0.15, 0.2) is 18.1 Å². The molecule has 1 aliphatic heterocycles.